The summed E-state index contributed by atoms with van der Waals surface area (Å²) in [7, 11) is 2.01. The molecule has 2 aromatic rings. The Balaban J connectivity index is 2.59. The van der Waals surface area contributed by atoms with Gasteiger partial charge in [-0.15, -0.1) is 0 Å². The van der Waals surface area contributed by atoms with Crippen LogP contribution in [0.25, 0.3) is 10.9 Å². The Labute approximate surface area is 108 Å². The molecule has 1 aromatic carbocycles. The van der Waals surface area contributed by atoms with Gasteiger partial charge in [0.05, 0.1) is 5.52 Å². The third-order valence-corrected chi connectivity index (χ3v) is 3.82. The molecule has 4 heteroatoms. The van der Waals surface area contributed by atoms with Gasteiger partial charge in [0.1, 0.15) is 0 Å². The third-order valence-electron chi connectivity index (χ3n) is 3.18. The molecule has 0 spiro atoms. The number of aliphatic carboxylic acids is 1. The Morgan fingerprint density at radius 3 is 2.82 bits per heavy atom. The zero-order valence-electron chi connectivity index (χ0n) is 9.83. The number of hydrogen-bond acceptors (Lipinski definition) is 1. The lowest BCUT2D eigenvalue weighted by atomic mass is 10.1. The molecule has 0 atom stereocenters. The summed E-state index contributed by atoms with van der Waals surface area (Å²) in [6, 6.07) is 6.03. The Hall–Kier alpha value is -1.29. The van der Waals surface area contributed by atoms with E-state index in [-0.39, 0.29) is 6.42 Å². The van der Waals surface area contributed by atoms with E-state index in [4.69, 9.17) is 5.11 Å². The fourth-order valence-corrected chi connectivity index (χ4v) is 2.84. The molecule has 0 bridgehead atoms. The van der Waals surface area contributed by atoms with Crippen molar-refractivity contribution in [2.24, 2.45) is 7.05 Å². The minimum Gasteiger partial charge on any atom is -0.481 e. The number of benzene rings is 1. The fraction of sp³-hybridized carbons (Fsp3) is 0.308. The molecule has 90 valence electrons. The van der Waals surface area contributed by atoms with Crippen LogP contribution in [0.3, 0.4) is 0 Å². The zero-order chi connectivity index (χ0) is 12.6. The van der Waals surface area contributed by atoms with E-state index >= 15 is 0 Å². The number of fused-ring (bicyclic) bond motifs is 1. The molecule has 0 aliphatic rings. The summed E-state index contributed by atoms with van der Waals surface area (Å²) in [5, 5.41) is 9.92. The molecule has 0 aliphatic heterocycles. The van der Waals surface area contributed by atoms with Crippen LogP contribution in [0.4, 0.5) is 0 Å². The lowest BCUT2D eigenvalue weighted by molar-refractivity contribution is -0.136. The van der Waals surface area contributed by atoms with Gasteiger partial charge in [0, 0.05) is 29.0 Å². The first-order valence-electron chi connectivity index (χ1n) is 5.46. The van der Waals surface area contributed by atoms with Gasteiger partial charge < -0.3 is 9.67 Å². The molecule has 0 unspecified atom stereocenters. The topological polar surface area (TPSA) is 42.2 Å². The molecule has 0 saturated carbocycles. The quantitative estimate of drug-likeness (QED) is 0.944. The molecule has 17 heavy (non-hydrogen) atoms. The van der Waals surface area contributed by atoms with E-state index in [1.807, 2.05) is 32.2 Å². The van der Waals surface area contributed by atoms with E-state index in [9.17, 15) is 4.79 Å². The maximum absolute atomic E-state index is 10.7. The summed E-state index contributed by atoms with van der Waals surface area (Å²) in [6.45, 7) is 2.03. The van der Waals surface area contributed by atoms with Crippen LogP contribution in [0.15, 0.2) is 22.7 Å². The predicted octanol–water partition coefficient (Wildman–Crippen LogP) is 3.27. The highest BCUT2D eigenvalue weighted by atomic mass is 79.9. The monoisotopic (exact) mass is 295 g/mol. The summed E-state index contributed by atoms with van der Waals surface area (Å²) < 4.78 is 3.15. The van der Waals surface area contributed by atoms with Crippen LogP contribution in [-0.4, -0.2) is 15.6 Å². The number of rotatable bonds is 3. The molecule has 1 heterocycles. The first-order valence-corrected chi connectivity index (χ1v) is 6.26. The largest absolute Gasteiger partial charge is 0.481 e. The van der Waals surface area contributed by atoms with Gasteiger partial charge in [-0.3, -0.25) is 4.79 Å². The summed E-state index contributed by atoms with van der Waals surface area (Å²) in [6.07, 6.45) is 0.751. The molecule has 0 saturated heterocycles. The lowest BCUT2D eigenvalue weighted by Gasteiger charge is -2.00. The Morgan fingerprint density at radius 2 is 2.18 bits per heavy atom. The molecule has 0 radical (unpaired) electrons. The van der Waals surface area contributed by atoms with Gasteiger partial charge in [0.15, 0.2) is 0 Å². The van der Waals surface area contributed by atoms with Crippen LogP contribution in [0, 0.1) is 6.92 Å². The number of aryl methyl sites for hydroxylation is 2. The van der Waals surface area contributed by atoms with Gasteiger partial charge in [-0.05, 0) is 40.9 Å². The number of carbonyl (C=O) groups is 1. The van der Waals surface area contributed by atoms with Crippen molar-refractivity contribution in [2.45, 2.75) is 19.8 Å². The van der Waals surface area contributed by atoms with E-state index in [1.165, 1.54) is 0 Å². The van der Waals surface area contributed by atoms with Crippen molar-refractivity contribution >= 4 is 32.8 Å². The van der Waals surface area contributed by atoms with Crippen molar-refractivity contribution in [3.8, 4) is 0 Å². The smallest absolute Gasteiger partial charge is 0.303 e. The van der Waals surface area contributed by atoms with E-state index in [1.54, 1.807) is 0 Å². The first-order chi connectivity index (χ1) is 8.02. The van der Waals surface area contributed by atoms with Crippen LogP contribution >= 0.6 is 15.9 Å². The van der Waals surface area contributed by atoms with Crippen molar-refractivity contribution in [1.29, 1.82) is 0 Å². The second kappa shape index (κ2) is 4.53. The highest BCUT2D eigenvalue weighted by Gasteiger charge is 2.14. The molecule has 0 amide bonds. The second-order valence-electron chi connectivity index (χ2n) is 4.15. The predicted molar refractivity (Wildman–Crippen MR) is 71.3 cm³/mol. The highest BCUT2D eigenvalue weighted by Crippen LogP contribution is 2.31. The fourth-order valence-electron chi connectivity index (χ4n) is 2.21. The van der Waals surface area contributed by atoms with E-state index < -0.39 is 5.97 Å². The standard InChI is InChI=1S/C13H14BrNO2/c1-8-9(6-7-12(16)17)10-4-3-5-11(14)13(10)15(8)2/h3-5H,6-7H2,1-2H3,(H,16,17). The number of carboxylic acid groups (broad SMARTS) is 1. The van der Waals surface area contributed by atoms with Crippen LogP contribution in [0.2, 0.25) is 0 Å². The molecule has 1 aromatic heterocycles. The van der Waals surface area contributed by atoms with Gasteiger partial charge in [0.25, 0.3) is 0 Å². The van der Waals surface area contributed by atoms with Gasteiger partial charge in [0.2, 0.25) is 0 Å². The number of nitrogens with zero attached hydrogens (tertiary/aromatic N) is 1. The summed E-state index contributed by atoms with van der Waals surface area (Å²) in [4.78, 5) is 10.7. The van der Waals surface area contributed by atoms with Crippen LogP contribution in [-0.2, 0) is 18.3 Å². The number of hydrogen-bond donors (Lipinski definition) is 1. The molecule has 3 nitrogen and oxygen atoms in total. The van der Waals surface area contributed by atoms with Crippen molar-refractivity contribution in [2.75, 3.05) is 0 Å². The van der Waals surface area contributed by atoms with E-state index in [0.717, 1.165) is 26.6 Å². The summed E-state index contributed by atoms with van der Waals surface area (Å²) in [5.41, 5.74) is 3.39. The van der Waals surface area contributed by atoms with Crippen LogP contribution in [0.5, 0.6) is 0 Å². The Bertz CT molecular complexity index is 587. The number of para-hydroxylation sites is 1. The van der Waals surface area contributed by atoms with Gasteiger partial charge in [-0.1, -0.05) is 12.1 Å². The highest BCUT2D eigenvalue weighted by molar-refractivity contribution is 9.10. The van der Waals surface area contributed by atoms with Crippen LogP contribution in [0.1, 0.15) is 17.7 Å². The average Bonchev–Trinajstić information content (AvgIpc) is 2.51. The van der Waals surface area contributed by atoms with Gasteiger partial charge >= 0.3 is 5.97 Å². The zero-order valence-corrected chi connectivity index (χ0v) is 11.4. The molecule has 0 aliphatic carbocycles. The SMILES string of the molecule is Cc1c(CCC(=O)O)c2cccc(Br)c2n1C. The molecule has 2 rings (SSSR count). The molecular formula is C13H14BrNO2. The molecular weight excluding hydrogens is 282 g/mol. The second-order valence-corrected chi connectivity index (χ2v) is 5.01. The summed E-state index contributed by atoms with van der Waals surface area (Å²) in [5.74, 6) is -0.753. The van der Waals surface area contributed by atoms with Crippen molar-refractivity contribution in [3.05, 3.63) is 33.9 Å². The molecule has 1 N–H and O–H groups in total. The van der Waals surface area contributed by atoms with Crippen molar-refractivity contribution in [3.63, 3.8) is 0 Å². The van der Waals surface area contributed by atoms with Crippen molar-refractivity contribution < 1.29 is 9.90 Å². The minimum absolute atomic E-state index is 0.173. The lowest BCUT2D eigenvalue weighted by Crippen LogP contribution is -1.99. The average molecular weight is 296 g/mol. The van der Waals surface area contributed by atoms with Gasteiger partial charge in [-0.25, -0.2) is 0 Å². The van der Waals surface area contributed by atoms with Crippen molar-refractivity contribution in [1.82, 2.24) is 4.57 Å². The number of halogens is 1. The first kappa shape index (κ1) is 12.2. The number of aromatic nitrogens is 1. The molecule has 0 fully saturated rings. The Morgan fingerprint density at radius 1 is 1.47 bits per heavy atom. The number of carboxylic acids is 1. The third kappa shape index (κ3) is 2.09. The van der Waals surface area contributed by atoms with E-state index in [2.05, 4.69) is 20.5 Å². The van der Waals surface area contributed by atoms with Gasteiger partial charge in [-0.2, -0.15) is 0 Å². The summed E-state index contributed by atoms with van der Waals surface area (Å²) >= 11 is 3.54. The maximum Gasteiger partial charge on any atom is 0.303 e. The van der Waals surface area contributed by atoms with E-state index in [0.29, 0.717) is 6.42 Å². The minimum atomic E-state index is -0.753. The Kier molecular flexibility index (Phi) is 3.24. The maximum atomic E-state index is 10.7. The normalized spacial score (nSPS) is 11.0. The van der Waals surface area contributed by atoms with Crippen LogP contribution < -0.4 is 0 Å².